The van der Waals surface area contributed by atoms with E-state index in [1.807, 2.05) is 6.92 Å². The second-order valence-electron chi connectivity index (χ2n) is 9.48. The van der Waals surface area contributed by atoms with E-state index in [9.17, 15) is 9.59 Å². The topological polar surface area (TPSA) is 83.7 Å². The van der Waals surface area contributed by atoms with Crippen LogP contribution in [-0.4, -0.2) is 48.6 Å². The van der Waals surface area contributed by atoms with Gasteiger partial charge in [0.2, 0.25) is 0 Å². The smallest absolute Gasteiger partial charge is 0.254 e. The van der Waals surface area contributed by atoms with Crippen molar-refractivity contribution >= 4 is 29.1 Å². The van der Waals surface area contributed by atoms with Crippen LogP contribution in [-0.2, 0) is 6.54 Å². The number of halogens is 2. The van der Waals surface area contributed by atoms with Crippen molar-refractivity contribution in [1.29, 1.82) is 0 Å². The van der Waals surface area contributed by atoms with Crippen molar-refractivity contribution in [3.8, 4) is 11.5 Å². The molecule has 1 amide bonds. The average molecular weight is 508 g/mol. The van der Waals surface area contributed by atoms with E-state index in [0.29, 0.717) is 62.5 Å². The van der Waals surface area contributed by atoms with E-state index < -0.39 is 0 Å². The van der Waals surface area contributed by atoms with E-state index in [2.05, 4.69) is 29.3 Å². The maximum absolute atomic E-state index is 13.0. The number of H-pyrrole nitrogens is 1. The summed E-state index contributed by atoms with van der Waals surface area (Å²) in [5.41, 5.74) is 1.67. The van der Waals surface area contributed by atoms with Crippen LogP contribution in [0.15, 0.2) is 16.9 Å². The first kappa shape index (κ1) is 24.9. The van der Waals surface area contributed by atoms with Gasteiger partial charge in [0, 0.05) is 22.9 Å². The second-order valence-corrected chi connectivity index (χ2v) is 10.3. The van der Waals surface area contributed by atoms with Crippen molar-refractivity contribution in [1.82, 2.24) is 15.2 Å². The standard InChI is InChI=1S/C25H31Cl2N3O4/c1-13-9-19(26)18(25(32)29-13)11-28-24(31)17-10-20(27)23-22(14(17)2)34-21(12-33-23)15-5-7-16(8-6-15)30(3)4/h9-10,15-16,21H,5-8,11-12H2,1-4H3,(H,28,31)(H,29,32)/t15-,16+,21-/m1/s1. The molecule has 2 aliphatic rings. The highest BCUT2D eigenvalue weighted by Crippen LogP contribution is 2.45. The molecule has 34 heavy (non-hydrogen) atoms. The minimum Gasteiger partial charge on any atom is -0.484 e. The molecule has 9 heteroatoms. The fourth-order valence-corrected chi connectivity index (χ4v) is 5.46. The molecule has 1 aromatic heterocycles. The van der Waals surface area contributed by atoms with Gasteiger partial charge in [-0.15, -0.1) is 0 Å². The van der Waals surface area contributed by atoms with Gasteiger partial charge in [-0.2, -0.15) is 0 Å². The summed E-state index contributed by atoms with van der Waals surface area (Å²) >= 11 is 12.7. The number of hydrogen-bond acceptors (Lipinski definition) is 5. The first-order valence-corrected chi connectivity index (χ1v) is 12.4. The summed E-state index contributed by atoms with van der Waals surface area (Å²) in [6.45, 7) is 4.02. The summed E-state index contributed by atoms with van der Waals surface area (Å²) in [5.74, 6) is 1.03. The summed E-state index contributed by atoms with van der Waals surface area (Å²) in [6, 6.07) is 3.84. The Labute approximate surface area is 209 Å². The van der Waals surface area contributed by atoms with Crippen LogP contribution in [0.25, 0.3) is 0 Å². The molecule has 0 bridgehead atoms. The van der Waals surface area contributed by atoms with Crippen molar-refractivity contribution in [2.45, 2.75) is 58.2 Å². The van der Waals surface area contributed by atoms with Gasteiger partial charge in [-0.3, -0.25) is 9.59 Å². The molecule has 2 aromatic rings. The number of benzene rings is 1. The number of nitrogens with zero attached hydrogens (tertiary/aromatic N) is 1. The maximum atomic E-state index is 13.0. The maximum Gasteiger partial charge on any atom is 0.254 e. The Bertz CT molecular complexity index is 1140. The summed E-state index contributed by atoms with van der Waals surface area (Å²) in [5, 5.41) is 3.41. The number of rotatable bonds is 5. The minimum absolute atomic E-state index is 0.00345. The number of carbonyl (C=O) groups excluding carboxylic acids is 1. The highest BCUT2D eigenvalue weighted by Gasteiger charge is 2.35. The summed E-state index contributed by atoms with van der Waals surface area (Å²) < 4.78 is 12.4. The van der Waals surface area contributed by atoms with Gasteiger partial charge in [-0.1, -0.05) is 23.2 Å². The Morgan fingerprint density at radius 1 is 1.12 bits per heavy atom. The molecule has 1 aliphatic carbocycles. The van der Waals surface area contributed by atoms with Crippen LogP contribution in [0, 0.1) is 19.8 Å². The van der Waals surface area contributed by atoms with Crippen molar-refractivity contribution in [3.63, 3.8) is 0 Å². The normalized spacial score (nSPS) is 22.0. The Balaban J connectivity index is 1.50. The molecule has 2 heterocycles. The molecule has 0 radical (unpaired) electrons. The number of carbonyl (C=O) groups is 1. The molecule has 1 fully saturated rings. The van der Waals surface area contributed by atoms with Crippen LogP contribution >= 0.6 is 23.2 Å². The van der Waals surface area contributed by atoms with Crippen LogP contribution < -0.4 is 20.3 Å². The molecule has 0 unspecified atom stereocenters. The molecule has 0 saturated heterocycles. The number of ether oxygens (including phenoxy) is 2. The van der Waals surface area contributed by atoms with E-state index in [4.69, 9.17) is 32.7 Å². The fourth-order valence-electron chi connectivity index (χ4n) is 4.89. The number of aromatic amines is 1. The molecular weight excluding hydrogens is 477 g/mol. The number of amides is 1. The predicted molar refractivity (Wildman–Crippen MR) is 134 cm³/mol. The van der Waals surface area contributed by atoms with Gasteiger partial charge in [0.05, 0.1) is 22.2 Å². The van der Waals surface area contributed by atoms with Crippen LogP contribution in [0.2, 0.25) is 10.0 Å². The van der Waals surface area contributed by atoms with Crippen molar-refractivity contribution < 1.29 is 14.3 Å². The van der Waals surface area contributed by atoms with E-state index in [1.54, 1.807) is 19.1 Å². The first-order valence-electron chi connectivity index (χ1n) is 11.6. The molecular formula is C25H31Cl2N3O4. The third-order valence-electron chi connectivity index (χ3n) is 6.98. The Kier molecular flexibility index (Phi) is 7.45. The number of aryl methyl sites for hydroxylation is 1. The van der Waals surface area contributed by atoms with Crippen molar-refractivity contribution in [2.75, 3.05) is 20.7 Å². The quantitative estimate of drug-likeness (QED) is 0.622. The molecule has 1 aliphatic heterocycles. The predicted octanol–water partition coefficient (Wildman–Crippen LogP) is 4.49. The lowest BCUT2D eigenvalue weighted by atomic mass is 9.82. The van der Waals surface area contributed by atoms with E-state index in [1.165, 1.54) is 0 Å². The van der Waals surface area contributed by atoms with Gasteiger partial charge in [-0.25, -0.2) is 0 Å². The molecule has 0 spiro atoms. The molecule has 1 aromatic carbocycles. The van der Waals surface area contributed by atoms with Crippen LogP contribution in [0.1, 0.15) is 52.9 Å². The third-order valence-corrected chi connectivity index (χ3v) is 7.60. The molecule has 184 valence electrons. The van der Waals surface area contributed by atoms with E-state index in [0.717, 1.165) is 25.7 Å². The van der Waals surface area contributed by atoms with Gasteiger partial charge >= 0.3 is 0 Å². The Hall–Kier alpha value is -2.22. The minimum atomic E-state index is -0.365. The zero-order valence-corrected chi connectivity index (χ0v) is 21.5. The summed E-state index contributed by atoms with van der Waals surface area (Å²) in [7, 11) is 4.25. The van der Waals surface area contributed by atoms with E-state index >= 15 is 0 Å². The van der Waals surface area contributed by atoms with Gasteiger partial charge in [0.15, 0.2) is 11.5 Å². The van der Waals surface area contributed by atoms with Gasteiger partial charge in [-0.05, 0) is 71.7 Å². The van der Waals surface area contributed by atoms with Gasteiger partial charge in [0.1, 0.15) is 12.7 Å². The first-order chi connectivity index (χ1) is 16.2. The summed E-state index contributed by atoms with van der Waals surface area (Å²) in [6.07, 6.45) is 4.34. The third kappa shape index (κ3) is 5.07. The van der Waals surface area contributed by atoms with Crippen molar-refractivity contribution in [3.05, 3.63) is 54.9 Å². The number of aromatic nitrogens is 1. The molecule has 7 nitrogen and oxygen atoms in total. The van der Waals surface area contributed by atoms with Crippen LogP contribution in [0.5, 0.6) is 11.5 Å². The highest BCUT2D eigenvalue weighted by atomic mass is 35.5. The van der Waals surface area contributed by atoms with Crippen molar-refractivity contribution in [2.24, 2.45) is 5.92 Å². The SMILES string of the molecule is Cc1cc(Cl)c(CNC(=O)c2cc(Cl)c3c(c2C)O[C@@H]([C@H]2CC[C@@H](N(C)C)CC2)CO3)c(=O)[nH]1. The monoisotopic (exact) mass is 507 g/mol. The molecule has 4 rings (SSSR count). The number of pyridine rings is 1. The highest BCUT2D eigenvalue weighted by molar-refractivity contribution is 6.33. The molecule has 1 saturated carbocycles. The molecule has 1 atom stereocenters. The molecule has 2 N–H and O–H groups in total. The average Bonchev–Trinajstić information content (AvgIpc) is 2.80. The summed E-state index contributed by atoms with van der Waals surface area (Å²) in [4.78, 5) is 30.2. The van der Waals surface area contributed by atoms with Gasteiger partial charge < -0.3 is 24.7 Å². The second kappa shape index (κ2) is 10.2. The Morgan fingerprint density at radius 2 is 1.82 bits per heavy atom. The lowest BCUT2D eigenvalue weighted by Gasteiger charge is -2.38. The lowest BCUT2D eigenvalue weighted by molar-refractivity contribution is 0.0239. The van der Waals surface area contributed by atoms with Gasteiger partial charge in [0.25, 0.3) is 11.5 Å². The number of nitrogens with one attached hydrogen (secondary N) is 2. The van der Waals surface area contributed by atoms with Crippen LogP contribution in [0.3, 0.4) is 0 Å². The Morgan fingerprint density at radius 3 is 2.47 bits per heavy atom. The number of fused-ring (bicyclic) bond motifs is 1. The van der Waals surface area contributed by atoms with Crippen LogP contribution in [0.4, 0.5) is 0 Å². The number of hydrogen-bond donors (Lipinski definition) is 2. The zero-order chi connectivity index (χ0) is 24.6. The fraction of sp³-hybridized carbons (Fsp3) is 0.520. The lowest BCUT2D eigenvalue weighted by Crippen LogP contribution is -2.41. The zero-order valence-electron chi connectivity index (χ0n) is 20.0. The largest absolute Gasteiger partial charge is 0.484 e. The van der Waals surface area contributed by atoms with E-state index in [-0.39, 0.29) is 24.1 Å².